The molecule has 0 amide bonds. The van der Waals surface area contributed by atoms with Gasteiger partial charge in [0.2, 0.25) is 0 Å². The van der Waals surface area contributed by atoms with Gasteiger partial charge in [-0.3, -0.25) is 0 Å². The van der Waals surface area contributed by atoms with Crippen molar-refractivity contribution in [3.8, 4) is 5.75 Å². The molecule has 0 saturated heterocycles. The van der Waals surface area contributed by atoms with Crippen molar-refractivity contribution < 1.29 is 4.74 Å². The molecular formula is C15H25NO. The van der Waals surface area contributed by atoms with Crippen LogP contribution in [-0.4, -0.2) is 12.6 Å². The van der Waals surface area contributed by atoms with E-state index < -0.39 is 0 Å². The Balaban J connectivity index is 2.65. The minimum Gasteiger partial charge on any atom is -0.491 e. The molecule has 2 unspecified atom stereocenters. The van der Waals surface area contributed by atoms with Gasteiger partial charge in [0.15, 0.2) is 0 Å². The molecule has 96 valence electrons. The lowest BCUT2D eigenvalue weighted by Gasteiger charge is -2.17. The van der Waals surface area contributed by atoms with Gasteiger partial charge in [0, 0.05) is 6.04 Å². The smallest absolute Gasteiger partial charge is 0.120 e. The van der Waals surface area contributed by atoms with Crippen LogP contribution in [0.25, 0.3) is 0 Å². The molecule has 1 rings (SSSR count). The largest absolute Gasteiger partial charge is 0.491 e. The lowest BCUT2D eigenvalue weighted by atomic mass is 10.1. The van der Waals surface area contributed by atoms with E-state index in [4.69, 9.17) is 4.74 Å². The van der Waals surface area contributed by atoms with Crippen LogP contribution in [0.3, 0.4) is 0 Å². The van der Waals surface area contributed by atoms with Gasteiger partial charge in [-0.1, -0.05) is 32.4 Å². The minimum absolute atomic E-state index is 0.296. The van der Waals surface area contributed by atoms with Gasteiger partial charge in [0.05, 0.1) is 6.10 Å². The molecule has 1 aromatic rings. The second kappa shape index (κ2) is 7.33. The molecule has 0 saturated carbocycles. The summed E-state index contributed by atoms with van der Waals surface area (Å²) in [5, 5.41) is 3.41. The van der Waals surface area contributed by atoms with Gasteiger partial charge in [0.25, 0.3) is 0 Å². The van der Waals surface area contributed by atoms with Crippen molar-refractivity contribution in [2.24, 2.45) is 0 Å². The van der Waals surface area contributed by atoms with Gasteiger partial charge < -0.3 is 10.1 Å². The Morgan fingerprint density at radius 1 is 1.24 bits per heavy atom. The van der Waals surface area contributed by atoms with E-state index in [-0.39, 0.29) is 0 Å². The molecule has 0 bridgehead atoms. The second-order valence-corrected chi connectivity index (χ2v) is 4.57. The summed E-state index contributed by atoms with van der Waals surface area (Å²) in [5.74, 6) is 0.980. The van der Waals surface area contributed by atoms with Crippen molar-refractivity contribution >= 4 is 0 Å². The maximum atomic E-state index is 5.90. The van der Waals surface area contributed by atoms with Crippen molar-refractivity contribution in [2.75, 3.05) is 6.54 Å². The Kier molecular flexibility index (Phi) is 6.06. The zero-order valence-electron chi connectivity index (χ0n) is 11.5. The fraction of sp³-hybridized carbons (Fsp3) is 0.600. The van der Waals surface area contributed by atoms with Gasteiger partial charge in [-0.15, -0.1) is 0 Å². The zero-order chi connectivity index (χ0) is 12.7. The first-order valence-corrected chi connectivity index (χ1v) is 6.67. The van der Waals surface area contributed by atoms with E-state index in [1.807, 2.05) is 6.07 Å². The molecule has 0 aliphatic heterocycles. The van der Waals surface area contributed by atoms with Crippen LogP contribution in [0.2, 0.25) is 0 Å². The summed E-state index contributed by atoms with van der Waals surface area (Å²) >= 11 is 0. The summed E-state index contributed by atoms with van der Waals surface area (Å²) in [7, 11) is 0. The van der Waals surface area contributed by atoms with Crippen LogP contribution < -0.4 is 10.1 Å². The summed E-state index contributed by atoms with van der Waals surface area (Å²) in [4.78, 5) is 0. The van der Waals surface area contributed by atoms with Gasteiger partial charge in [-0.25, -0.2) is 0 Å². The molecule has 0 fully saturated rings. The van der Waals surface area contributed by atoms with Crippen molar-refractivity contribution in [1.29, 1.82) is 0 Å². The Bertz CT molecular complexity index is 324. The van der Waals surface area contributed by atoms with Gasteiger partial charge in [-0.05, 0) is 44.5 Å². The molecule has 0 aliphatic rings. The monoisotopic (exact) mass is 235 g/mol. The predicted octanol–water partition coefficient (Wildman–Crippen LogP) is 3.92. The quantitative estimate of drug-likeness (QED) is 0.773. The van der Waals surface area contributed by atoms with E-state index in [9.17, 15) is 0 Å². The van der Waals surface area contributed by atoms with Crippen LogP contribution in [0.1, 0.15) is 52.1 Å². The van der Waals surface area contributed by atoms with E-state index in [1.54, 1.807) is 0 Å². The lowest BCUT2D eigenvalue weighted by Crippen LogP contribution is -2.18. The normalized spacial score (nSPS) is 14.4. The molecule has 1 N–H and O–H groups in total. The SMILES string of the molecule is CCCC(C)Oc1cccc(C(C)NCC)c1. The lowest BCUT2D eigenvalue weighted by molar-refractivity contribution is 0.209. The summed E-state index contributed by atoms with van der Waals surface area (Å²) in [6.45, 7) is 9.60. The predicted molar refractivity (Wildman–Crippen MR) is 73.5 cm³/mol. The number of ether oxygens (including phenoxy) is 1. The first-order chi connectivity index (χ1) is 8.17. The van der Waals surface area contributed by atoms with Crippen LogP contribution in [0.5, 0.6) is 5.75 Å². The molecule has 2 heteroatoms. The third-order valence-corrected chi connectivity index (χ3v) is 2.90. The van der Waals surface area contributed by atoms with Crippen molar-refractivity contribution in [3.63, 3.8) is 0 Å². The third kappa shape index (κ3) is 4.78. The molecule has 0 heterocycles. The maximum Gasteiger partial charge on any atom is 0.120 e. The Hall–Kier alpha value is -1.02. The molecule has 2 atom stereocenters. The number of rotatable bonds is 7. The fourth-order valence-electron chi connectivity index (χ4n) is 1.98. The highest BCUT2D eigenvalue weighted by Crippen LogP contribution is 2.20. The Labute approximate surface area is 105 Å². The number of benzene rings is 1. The maximum absolute atomic E-state index is 5.90. The Morgan fingerprint density at radius 3 is 2.65 bits per heavy atom. The third-order valence-electron chi connectivity index (χ3n) is 2.90. The van der Waals surface area contributed by atoms with Crippen molar-refractivity contribution in [1.82, 2.24) is 5.32 Å². The van der Waals surface area contributed by atoms with Crippen LogP contribution in [-0.2, 0) is 0 Å². The fourth-order valence-corrected chi connectivity index (χ4v) is 1.98. The number of hydrogen-bond acceptors (Lipinski definition) is 2. The molecule has 0 aliphatic carbocycles. The number of hydrogen-bond donors (Lipinski definition) is 1. The molecular weight excluding hydrogens is 210 g/mol. The highest BCUT2D eigenvalue weighted by molar-refractivity contribution is 5.30. The van der Waals surface area contributed by atoms with Crippen LogP contribution in [0.15, 0.2) is 24.3 Å². The second-order valence-electron chi connectivity index (χ2n) is 4.57. The van der Waals surface area contributed by atoms with Crippen LogP contribution >= 0.6 is 0 Å². The van der Waals surface area contributed by atoms with Crippen LogP contribution in [0, 0.1) is 0 Å². The van der Waals surface area contributed by atoms with Crippen LogP contribution in [0.4, 0.5) is 0 Å². The summed E-state index contributed by atoms with van der Waals surface area (Å²) < 4.78 is 5.90. The van der Waals surface area contributed by atoms with Gasteiger partial charge in [-0.2, -0.15) is 0 Å². The van der Waals surface area contributed by atoms with E-state index in [0.717, 1.165) is 25.1 Å². The minimum atomic E-state index is 0.296. The molecule has 0 spiro atoms. The number of nitrogens with one attached hydrogen (secondary N) is 1. The molecule has 17 heavy (non-hydrogen) atoms. The Morgan fingerprint density at radius 2 is 2.00 bits per heavy atom. The van der Waals surface area contributed by atoms with Gasteiger partial charge in [0.1, 0.15) is 5.75 Å². The highest BCUT2D eigenvalue weighted by Gasteiger charge is 2.07. The average Bonchev–Trinajstić information content (AvgIpc) is 2.30. The van der Waals surface area contributed by atoms with E-state index >= 15 is 0 Å². The molecule has 0 radical (unpaired) electrons. The first-order valence-electron chi connectivity index (χ1n) is 6.67. The first kappa shape index (κ1) is 14.0. The van der Waals surface area contributed by atoms with E-state index in [2.05, 4.69) is 51.2 Å². The van der Waals surface area contributed by atoms with Crippen molar-refractivity contribution in [3.05, 3.63) is 29.8 Å². The van der Waals surface area contributed by atoms with Gasteiger partial charge >= 0.3 is 0 Å². The molecule has 2 nitrogen and oxygen atoms in total. The highest BCUT2D eigenvalue weighted by atomic mass is 16.5. The van der Waals surface area contributed by atoms with E-state index in [0.29, 0.717) is 12.1 Å². The summed E-state index contributed by atoms with van der Waals surface area (Å²) in [5.41, 5.74) is 1.29. The topological polar surface area (TPSA) is 21.3 Å². The average molecular weight is 235 g/mol. The summed E-state index contributed by atoms with van der Waals surface area (Å²) in [6, 6.07) is 8.76. The standard InChI is InChI=1S/C15H25NO/c1-5-8-12(3)17-15-10-7-9-14(11-15)13(4)16-6-2/h7,9-13,16H,5-6,8H2,1-4H3. The van der Waals surface area contributed by atoms with Crippen molar-refractivity contribution in [2.45, 2.75) is 52.7 Å². The molecule has 1 aromatic carbocycles. The van der Waals surface area contributed by atoms with E-state index in [1.165, 1.54) is 5.56 Å². The zero-order valence-corrected chi connectivity index (χ0v) is 11.5. The molecule has 0 aromatic heterocycles. The summed E-state index contributed by atoms with van der Waals surface area (Å²) in [6.07, 6.45) is 2.56.